The number of rotatable bonds is 3. The quantitative estimate of drug-likeness (QED) is 0.683. The lowest BCUT2D eigenvalue weighted by atomic mass is 10.1. The molecule has 12 heavy (non-hydrogen) atoms. The Hall–Kier alpha value is -0.823. The topological polar surface area (TPSA) is 61.1 Å². The van der Waals surface area contributed by atoms with E-state index >= 15 is 0 Å². The van der Waals surface area contributed by atoms with Crippen molar-refractivity contribution >= 4 is 14.0 Å². The summed E-state index contributed by atoms with van der Waals surface area (Å²) in [6.07, 6.45) is 0. The predicted molar refractivity (Wildman–Crippen MR) is 49.5 cm³/mol. The van der Waals surface area contributed by atoms with Gasteiger partial charge in [-0.1, -0.05) is 26.6 Å². The van der Waals surface area contributed by atoms with Gasteiger partial charge in [-0.2, -0.15) is 5.26 Å². The number of carboxylic acid groups (broad SMARTS) is 1. The van der Waals surface area contributed by atoms with Crippen LogP contribution in [0.3, 0.4) is 0 Å². The van der Waals surface area contributed by atoms with Gasteiger partial charge in [0.05, 0.1) is 6.07 Å². The predicted octanol–water partition coefficient (Wildman–Crippen LogP) is 1.94. The van der Waals surface area contributed by atoms with Gasteiger partial charge >= 0.3 is 5.97 Å². The summed E-state index contributed by atoms with van der Waals surface area (Å²) in [5, 5.41) is 17.3. The minimum Gasteiger partial charge on any atom is -0.480 e. The molecule has 0 aromatic carbocycles. The molecule has 4 heteroatoms. The number of aliphatic carboxylic acids is 1. The standard InChI is InChI=1S/C8H15NO2Si/c1-6(12(2,3)4)7(5-9)8(10)11/h6-7H,1-4H3,(H,10,11). The lowest BCUT2D eigenvalue weighted by Gasteiger charge is -2.26. The Labute approximate surface area is 74.0 Å². The summed E-state index contributed by atoms with van der Waals surface area (Å²) < 4.78 is 0. The summed E-state index contributed by atoms with van der Waals surface area (Å²) >= 11 is 0. The first kappa shape index (κ1) is 11.2. The molecule has 0 rings (SSSR count). The highest BCUT2D eigenvalue weighted by Crippen LogP contribution is 2.29. The second-order valence-electron chi connectivity index (χ2n) is 4.10. The molecule has 0 aromatic heterocycles. The van der Waals surface area contributed by atoms with Gasteiger partial charge in [0.1, 0.15) is 5.92 Å². The second kappa shape index (κ2) is 3.72. The van der Waals surface area contributed by atoms with Crippen LogP contribution in [-0.2, 0) is 4.79 Å². The molecule has 0 bridgehead atoms. The SMILES string of the molecule is CC(C(C#N)C(=O)O)[Si](C)(C)C. The van der Waals surface area contributed by atoms with E-state index in [1.54, 1.807) is 0 Å². The molecule has 0 radical (unpaired) electrons. The Morgan fingerprint density at radius 3 is 2.00 bits per heavy atom. The molecule has 0 fully saturated rings. The summed E-state index contributed by atoms with van der Waals surface area (Å²) in [6, 6.07) is 1.84. The van der Waals surface area contributed by atoms with Gasteiger partial charge < -0.3 is 5.11 Å². The number of nitrogens with zero attached hydrogens (tertiary/aromatic N) is 1. The number of carbonyl (C=O) groups is 1. The normalized spacial score (nSPS) is 16.2. The third kappa shape index (κ3) is 2.66. The molecule has 0 spiro atoms. The zero-order chi connectivity index (χ0) is 9.94. The fourth-order valence-corrected chi connectivity index (χ4v) is 2.10. The minimum absolute atomic E-state index is 0.000000000000000444. The molecule has 0 saturated heterocycles. The van der Waals surface area contributed by atoms with Crippen molar-refractivity contribution in [3.8, 4) is 6.07 Å². The second-order valence-corrected chi connectivity index (χ2v) is 9.74. The van der Waals surface area contributed by atoms with Crippen molar-refractivity contribution in [2.45, 2.75) is 32.1 Å². The first-order valence-electron chi connectivity index (χ1n) is 3.93. The van der Waals surface area contributed by atoms with E-state index in [0.717, 1.165) is 0 Å². The Bertz CT molecular complexity index is 214. The van der Waals surface area contributed by atoms with Crippen LogP contribution in [0.25, 0.3) is 0 Å². The van der Waals surface area contributed by atoms with E-state index in [4.69, 9.17) is 10.4 Å². The van der Waals surface area contributed by atoms with Crippen LogP contribution >= 0.6 is 0 Å². The van der Waals surface area contributed by atoms with E-state index in [1.165, 1.54) is 0 Å². The third-order valence-corrected chi connectivity index (χ3v) is 5.34. The number of hydrogen-bond acceptors (Lipinski definition) is 2. The maximum Gasteiger partial charge on any atom is 0.320 e. The molecule has 2 atom stereocenters. The fourth-order valence-electron chi connectivity index (χ4n) is 0.881. The van der Waals surface area contributed by atoms with Gasteiger partial charge in [-0.15, -0.1) is 0 Å². The van der Waals surface area contributed by atoms with Crippen LogP contribution in [0.1, 0.15) is 6.92 Å². The smallest absolute Gasteiger partial charge is 0.320 e. The van der Waals surface area contributed by atoms with Gasteiger partial charge in [0, 0.05) is 8.07 Å². The van der Waals surface area contributed by atoms with Gasteiger partial charge in [-0.05, 0) is 5.54 Å². The van der Waals surface area contributed by atoms with E-state index < -0.39 is 20.0 Å². The molecule has 0 aliphatic carbocycles. The molecule has 3 nitrogen and oxygen atoms in total. The minimum atomic E-state index is -1.51. The van der Waals surface area contributed by atoms with Crippen LogP contribution < -0.4 is 0 Å². The molecule has 0 aromatic rings. The van der Waals surface area contributed by atoms with Crippen LogP contribution in [0.2, 0.25) is 25.2 Å². The van der Waals surface area contributed by atoms with Gasteiger partial charge in [0.15, 0.2) is 0 Å². The van der Waals surface area contributed by atoms with Gasteiger partial charge in [-0.25, -0.2) is 0 Å². The van der Waals surface area contributed by atoms with E-state index in [-0.39, 0.29) is 5.54 Å². The van der Waals surface area contributed by atoms with E-state index in [9.17, 15) is 4.79 Å². The highest BCUT2D eigenvalue weighted by molar-refractivity contribution is 6.77. The number of hydrogen-bond donors (Lipinski definition) is 1. The molecule has 0 aliphatic rings. The molecule has 2 unspecified atom stereocenters. The van der Waals surface area contributed by atoms with Gasteiger partial charge in [-0.3, -0.25) is 4.79 Å². The van der Waals surface area contributed by atoms with Crippen molar-refractivity contribution in [2.24, 2.45) is 5.92 Å². The molecule has 68 valence electrons. The Morgan fingerprint density at radius 2 is 1.92 bits per heavy atom. The van der Waals surface area contributed by atoms with Crippen molar-refractivity contribution in [3.05, 3.63) is 0 Å². The Morgan fingerprint density at radius 1 is 1.50 bits per heavy atom. The maximum atomic E-state index is 10.6. The van der Waals surface area contributed by atoms with Crippen molar-refractivity contribution in [1.82, 2.24) is 0 Å². The molecule has 0 heterocycles. The van der Waals surface area contributed by atoms with Gasteiger partial charge in [0.2, 0.25) is 0 Å². The van der Waals surface area contributed by atoms with Crippen LogP contribution in [0, 0.1) is 17.2 Å². The molecule has 0 saturated carbocycles. The highest BCUT2D eigenvalue weighted by atomic mass is 28.3. The average molecular weight is 185 g/mol. The lowest BCUT2D eigenvalue weighted by Crippen LogP contribution is -2.34. The molecule has 1 N–H and O–H groups in total. The summed E-state index contributed by atoms with van der Waals surface area (Å²) in [7, 11) is -1.51. The highest BCUT2D eigenvalue weighted by Gasteiger charge is 2.34. The summed E-state index contributed by atoms with van der Waals surface area (Å²) in [4.78, 5) is 10.6. The van der Waals surface area contributed by atoms with Crippen molar-refractivity contribution < 1.29 is 9.90 Å². The zero-order valence-electron chi connectivity index (χ0n) is 7.96. The largest absolute Gasteiger partial charge is 0.480 e. The Kier molecular flexibility index (Phi) is 3.47. The number of carboxylic acids is 1. The summed E-state index contributed by atoms with van der Waals surface area (Å²) in [5.41, 5.74) is -0.000000000000000444. The van der Waals surface area contributed by atoms with Crippen LogP contribution in [0.4, 0.5) is 0 Å². The van der Waals surface area contributed by atoms with E-state index in [1.807, 2.05) is 13.0 Å². The maximum absolute atomic E-state index is 10.6. The van der Waals surface area contributed by atoms with Crippen molar-refractivity contribution in [2.75, 3.05) is 0 Å². The first-order chi connectivity index (χ1) is 5.30. The Balaban J connectivity index is 4.57. The number of nitriles is 1. The van der Waals surface area contributed by atoms with E-state index in [2.05, 4.69) is 19.6 Å². The third-order valence-electron chi connectivity index (χ3n) is 2.27. The zero-order valence-corrected chi connectivity index (χ0v) is 8.96. The van der Waals surface area contributed by atoms with Crippen molar-refractivity contribution in [3.63, 3.8) is 0 Å². The van der Waals surface area contributed by atoms with Crippen LogP contribution in [-0.4, -0.2) is 19.1 Å². The van der Waals surface area contributed by atoms with Crippen molar-refractivity contribution in [1.29, 1.82) is 5.26 Å². The summed E-state index contributed by atoms with van der Waals surface area (Å²) in [5.74, 6) is -1.83. The fraction of sp³-hybridized carbons (Fsp3) is 0.750. The molecular formula is C8H15NO2Si. The molecular weight excluding hydrogens is 170 g/mol. The van der Waals surface area contributed by atoms with E-state index in [0.29, 0.717) is 0 Å². The summed E-state index contributed by atoms with van der Waals surface area (Å²) in [6.45, 7) is 8.08. The van der Waals surface area contributed by atoms with Gasteiger partial charge in [0.25, 0.3) is 0 Å². The van der Waals surface area contributed by atoms with Crippen LogP contribution in [0.5, 0.6) is 0 Å². The monoisotopic (exact) mass is 185 g/mol. The first-order valence-corrected chi connectivity index (χ1v) is 7.51. The van der Waals surface area contributed by atoms with Crippen LogP contribution in [0.15, 0.2) is 0 Å². The average Bonchev–Trinajstić information content (AvgIpc) is 1.86. The lowest BCUT2D eigenvalue weighted by molar-refractivity contribution is -0.139. The molecule has 0 aliphatic heterocycles. The molecule has 0 amide bonds.